The molecule has 0 saturated heterocycles. The zero-order valence-electron chi connectivity index (χ0n) is 17.7. The van der Waals surface area contributed by atoms with Crippen LogP contribution < -0.4 is 16.7 Å². The van der Waals surface area contributed by atoms with E-state index in [1.807, 2.05) is 31.2 Å². The number of aryl methyl sites for hydroxylation is 2. The zero-order chi connectivity index (χ0) is 22.7. The Balaban J connectivity index is 1.43. The molecule has 0 aliphatic heterocycles. The third-order valence-electron chi connectivity index (χ3n) is 5.19. The van der Waals surface area contributed by atoms with Crippen LogP contribution in [-0.2, 0) is 17.9 Å². The molecule has 164 valence electrons. The first-order valence-electron chi connectivity index (χ1n) is 10.4. The fourth-order valence-electron chi connectivity index (χ4n) is 3.66. The minimum atomic E-state index is -0.593. The van der Waals surface area contributed by atoms with Crippen LogP contribution in [-0.4, -0.2) is 30.7 Å². The molecular formula is C23H24N6O3. The number of imidazole rings is 1. The maximum atomic E-state index is 12.8. The maximum Gasteiger partial charge on any atom is 0.329 e. The molecule has 0 spiro atoms. The quantitative estimate of drug-likeness (QED) is 0.445. The summed E-state index contributed by atoms with van der Waals surface area (Å²) in [6.07, 6.45) is 2.66. The molecule has 0 bridgehead atoms. The number of fused-ring (bicyclic) bond motifs is 1. The predicted molar refractivity (Wildman–Crippen MR) is 122 cm³/mol. The Kier molecular flexibility index (Phi) is 5.89. The number of anilines is 1. The van der Waals surface area contributed by atoms with Gasteiger partial charge < -0.3 is 11.1 Å². The number of nitrogens with one attached hydrogen (secondary N) is 1. The van der Waals surface area contributed by atoms with Crippen LogP contribution in [0.3, 0.4) is 0 Å². The van der Waals surface area contributed by atoms with E-state index >= 15 is 0 Å². The van der Waals surface area contributed by atoms with Crippen LogP contribution in [0.1, 0.15) is 30.3 Å². The number of hydrogen-bond donors (Lipinski definition) is 2. The first-order chi connectivity index (χ1) is 15.5. The second-order valence-electron chi connectivity index (χ2n) is 7.43. The molecule has 0 aliphatic carbocycles. The summed E-state index contributed by atoms with van der Waals surface area (Å²) in [5, 5.41) is 6.95. The summed E-state index contributed by atoms with van der Waals surface area (Å²) in [6.45, 7) is 2.96. The number of hydrogen-bond acceptors (Lipinski definition) is 4. The van der Waals surface area contributed by atoms with Crippen molar-refractivity contribution in [2.75, 3.05) is 5.32 Å². The van der Waals surface area contributed by atoms with Crippen molar-refractivity contribution in [1.82, 2.24) is 18.9 Å². The van der Waals surface area contributed by atoms with Crippen LogP contribution in [0.4, 0.5) is 5.69 Å². The van der Waals surface area contributed by atoms with Crippen molar-refractivity contribution in [2.24, 2.45) is 5.73 Å². The number of benzene rings is 2. The number of aromatic nitrogens is 4. The van der Waals surface area contributed by atoms with E-state index < -0.39 is 5.91 Å². The minimum absolute atomic E-state index is 0.0974. The standard InChI is InChI=1S/C23H24N6O3/c1-2-13-27-19-5-3-4-6-20(19)28(23(27)32)14-12-21(30)25-16-7-9-17(10-8-16)29-15-11-18(26-29)22(24)31/h3-11,15H,2,12-14H2,1H3,(H2,24,31)(H,25,30). The number of primary amides is 1. The van der Waals surface area contributed by atoms with Gasteiger partial charge in [0.25, 0.3) is 5.91 Å². The number of para-hydroxylation sites is 2. The summed E-state index contributed by atoms with van der Waals surface area (Å²) >= 11 is 0. The van der Waals surface area contributed by atoms with E-state index in [-0.39, 0.29) is 23.7 Å². The van der Waals surface area contributed by atoms with Gasteiger partial charge in [0.1, 0.15) is 5.69 Å². The lowest BCUT2D eigenvalue weighted by atomic mass is 10.2. The van der Waals surface area contributed by atoms with Crippen molar-refractivity contribution in [1.29, 1.82) is 0 Å². The Morgan fingerprint density at radius 2 is 1.62 bits per heavy atom. The van der Waals surface area contributed by atoms with Crippen molar-refractivity contribution in [3.63, 3.8) is 0 Å². The molecule has 3 N–H and O–H groups in total. The molecule has 0 unspecified atom stereocenters. The van der Waals surface area contributed by atoms with E-state index in [9.17, 15) is 14.4 Å². The van der Waals surface area contributed by atoms with Gasteiger partial charge >= 0.3 is 5.69 Å². The molecule has 2 heterocycles. The van der Waals surface area contributed by atoms with Crippen LogP contribution in [0.15, 0.2) is 65.6 Å². The average molecular weight is 432 g/mol. The molecule has 4 rings (SSSR count). The predicted octanol–water partition coefficient (Wildman–Crippen LogP) is 2.53. The van der Waals surface area contributed by atoms with Gasteiger partial charge in [-0.15, -0.1) is 0 Å². The SMILES string of the molecule is CCCn1c(=O)n(CCC(=O)Nc2ccc(-n3ccc(C(N)=O)n3)cc2)c2ccccc21. The van der Waals surface area contributed by atoms with Crippen LogP contribution >= 0.6 is 0 Å². The monoisotopic (exact) mass is 432 g/mol. The number of carbonyl (C=O) groups excluding carboxylic acids is 2. The van der Waals surface area contributed by atoms with Crippen molar-refractivity contribution >= 4 is 28.5 Å². The molecule has 9 nitrogen and oxygen atoms in total. The van der Waals surface area contributed by atoms with Gasteiger partial charge in [0.15, 0.2) is 0 Å². The van der Waals surface area contributed by atoms with Crippen LogP contribution in [0, 0.1) is 0 Å². The van der Waals surface area contributed by atoms with E-state index in [1.54, 1.807) is 39.6 Å². The Morgan fingerprint density at radius 1 is 0.969 bits per heavy atom. The largest absolute Gasteiger partial charge is 0.364 e. The van der Waals surface area contributed by atoms with Crippen LogP contribution in [0.2, 0.25) is 0 Å². The lowest BCUT2D eigenvalue weighted by Gasteiger charge is -2.08. The van der Waals surface area contributed by atoms with E-state index in [0.717, 1.165) is 23.1 Å². The highest BCUT2D eigenvalue weighted by Crippen LogP contribution is 2.15. The smallest absolute Gasteiger partial charge is 0.329 e. The highest BCUT2D eigenvalue weighted by atomic mass is 16.2. The number of amides is 2. The highest BCUT2D eigenvalue weighted by molar-refractivity contribution is 5.91. The molecule has 32 heavy (non-hydrogen) atoms. The molecule has 0 atom stereocenters. The zero-order valence-corrected chi connectivity index (χ0v) is 17.7. The van der Waals surface area contributed by atoms with Gasteiger partial charge in [-0.25, -0.2) is 9.48 Å². The van der Waals surface area contributed by atoms with Gasteiger partial charge in [0.05, 0.1) is 16.7 Å². The summed E-state index contributed by atoms with van der Waals surface area (Å²) in [7, 11) is 0. The number of nitrogens with two attached hydrogens (primary N) is 1. The number of carbonyl (C=O) groups is 2. The maximum absolute atomic E-state index is 12.8. The Morgan fingerprint density at radius 3 is 2.22 bits per heavy atom. The normalized spacial score (nSPS) is 11.0. The number of nitrogens with zero attached hydrogens (tertiary/aromatic N) is 4. The molecular weight excluding hydrogens is 408 g/mol. The van der Waals surface area contributed by atoms with Crippen LogP contribution in [0.5, 0.6) is 0 Å². The van der Waals surface area contributed by atoms with E-state index in [1.165, 1.54) is 10.7 Å². The van der Waals surface area contributed by atoms with E-state index in [0.29, 0.717) is 18.8 Å². The molecule has 0 fully saturated rings. The van der Waals surface area contributed by atoms with Gasteiger partial charge in [-0.05, 0) is 48.9 Å². The molecule has 9 heteroatoms. The fraction of sp³-hybridized carbons (Fsp3) is 0.217. The summed E-state index contributed by atoms with van der Waals surface area (Å²) in [5.74, 6) is -0.781. The Hall–Kier alpha value is -4.14. The summed E-state index contributed by atoms with van der Waals surface area (Å²) in [6, 6.07) is 16.2. The average Bonchev–Trinajstić information content (AvgIpc) is 3.38. The molecule has 4 aromatic rings. The fourth-order valence-corrected chi connectivity index (χ4v) is 3.66. The highest BCUT2D eigenvalue weighted by Gasteiger charge is 2.13. The van der Waals surface area contributed by atoms with Crippen molar-refractivity contribution < 1.29 is 9.59 Å². The van der Waals surface area contributed by atoms with Gasteiger partial charge in [-0.3, -0.25) is 18.7 Å². The second kappa shape index (κ2) is 8.93. The van der Waals surface area contributed by atoms with E-state index in [2.05, 4.69) is 10.4 Å². The molecule has 2 amide bonds. The van der Waals surface area contributed by atoms with Crippen LogP contribution in [0.25, 0.3) is 16.7 Å². The van der Waals surface area contributed by atoms with Gasteiger partial charge in [-0.2, -0.15) is 5.10 Å². The minimum Gasteiger partial charge on any atom is -0.364 e. The molecule has 0 saturated carbocycles. The van der Waals surface area contributed by atoms with Crippen molar-refractivity contribution in [2.45, 2.75) is 32.9 Å². The third-order valence-corrected chi connectivity index (χ3v) is 5.19. The van der Waals surface area contributed by atoms with Crippen molar-refractivity contribution in [3.05, 3.63) is 77.0 Å². The Labute approximate surface area is 184 Å². The summed E-state index contributed by atoms with van der Waals surface area (Å²) in [5.41, 5.74) is 8.38. The van der Waals surface area contributed by atoms with Gasteiger partial charge in [0.2, 0.25) is 5.91 Å². The lowest BCUT2D eigenvalue weighted by molar-refractivity contribution is -0.116. The topological polar surface area (TPSA) is 117 Å². The molecule has 2 aromatic carbocycles. The first-order valence-corrected chi connectivity index (χ1v) is 10.4. The first kappa shape index (κ1) is 21.1. The van der Waals surface area contributed by atoms with Crippen molar-refractivity contribution in [3.8, 4) is 5.69 Å². The number of rotatable bonds is 8. The second-order valence-corrected chi connectivity index (χ2v) is 7.43. The molecule has 2 aromatic heterocycles. The van der Waals surface area contributed by atoms with Gasteiger partial charge in [-0.1, -0.05) is 19.1 Å². The Bertz CT molecular complexity index is 1330. The van der Waals surface area contributed by atoms with E-state index in [4.69, 9.17) is 5.73 Å². The lowest BCUT2D eigenvalue weighted by Crippen LogP contribution is -2.26. The third kappa shape index (κ3) is 4.18. The summed E-state index contributed by atoms with van der Waals surface area (Å²) in [4.78, 5) is 36.5. The molecule has 0 radical (unpaired) electrons. The molecule has 0 aliphatic rings. The van der Waals surface area contributed by atoms with Gasteiger partial charge in [0, 0.05) is 31.4 Å². The summed E-state index contributed by atoms with van der Waals surface area (Å²) < 4.78 is 4.94.